The van der Waals surface area contributed by atoms with Gasteiger partial charge in [0.15, 0.2) is 0 Å². The Kier molecular flexibility index (Phi) is 4.86. The van der Waals surface area contributed by atoms with Crippen molar-refractivity contribution in [3.05, 3.63) is 65.1 Å². The highest BCUT2D eigenvalue weighted by Crippen LogP contribution is 2.43. The number of aliphatic carboxylic acids is 1. The van der Waals surface area contributed by atoms with Crippen LogP contribution in [-0.2, 0) is 4.79 Å². The van der Waals surface area contributed by atoms with Crippen molar-refractivity contribution in [1.29, 1.82) is 0 Å². The molecule has 0 spiro atoms. The summed E-state index contributed by atoms with van der Waals surface area (Å²) in [7, 11) is 0. The fourth-order valence-corrected chi connectivity index (χ4v) is 4.69. The van der Waals surface area contributed by atoms with Crippen molar-refractivity contribution in [3.8, 4) is 5.75 Å². The second-order valence-corrected chi connectivity index (χ2v) is 7.71. The Labute approximate surface area is 167 Å². The molecular formula is C23H22FNO4. The van der Waals surface area contributed by atoms with E-state index in [1.807, 2.05) is 0 Å². The highest BCUT2D eigenvalue weighted by atomic mass is 19.1. The van der Waals surface area contributed by atoms with Crippen LogP contribution in [-0.4, -0.2) is 26.7 Å². The first-order valence-electron chi connectivity index (χ1n) is 9.75. The first-order valence-corrected chi connectivity index (χ1v) is 9.75. The molecule has 1 aliphatic carbocycles. The van der Waals surface area contributed by atoms with Crippen LogP contribution >= 0.6 is 0 Å². The summed E-state index contributed by atoms with van der Waals surface area (Å²) in [6, 6.07) is 10.0. The smallest absolute Gasteiger partial charge is 0.311 e. The minimum Gasteiger partial charge on any atom is -0.508 e. The number of phenols is 1. The number of nitrogens with zero attached hydrogens (tertiary/aromatic N) is 1. The lowest BCUT2D eigenvalue weighted by Crippen LogP contribution is -2.21. The number of carbonyl (C=O) groups excluding carboxylic acids is 1. The molecule has 1 fully saturated rings. The first kappa shape index (κ1) is 19.2. The molecule has 1 saturated carbocycles. The van der Waals surface area contributed by atoms with Crippen LogP contribution in [0.1, 0.15) is 53.2 Å². The summed E-state index contributed by atoms with van der Waals surface area (Å²) in [6.45, 7) is 1.72. The van der Waals surface area contributed by atoms with Gasteiger partial charge in [-0.1, -0.05) is 18.9 Å². The van der Waals surface area contributed by atoms with Gasteiger partial charge in [0.05, 0.1) is 11.4 Å². The Morgan fingerprint density at radius 3 is 2.52 bits per heavy atom. The van der Waals surface area contributed by atoms with Crippen LogP contribution in [0.4, 0.5) is 4.39 Å². The fraction of sp³-hybridized carbons (Fsp3) is 0.304. The van der Waals surface area contributed by atoms with Crippen molar-refractivity contribution in [2.75, 3.05) is 0 Å². The second-order valence-electron chi connectivity index (χ2n) is 7.71. The Morgan fingerprint density at radius 2 is 1.86 bits per heavy atom. The van der Waals surface area contributed by atoms with Gasteiger partial charge in [-0.15, -0.1) is 0 Å². The Hall–Kier alpha value is -3.15. The number of carboxylic acids is 1. The topological polar surface area (TPSA) is 79.5 Å². The normalized spacial score (nSPS) is 15.7. The molecule has 1 unspecified atom stereocenters. The molecule has 29 heavy (non-hydrogen) atoms. The molecule has 1 heterocycles. The number of benzene rings is 2. The number of aromatic nitrogens is 1. The minimum atomic E-state index is -0.930. The van der Waals surface area contributed by atoms with E-state index in [1.54, 1.807) is 13.0 Å². The van der Waals surface area contributed by atoms with Crippen molar-refractivity contribution >= 4 is 22.8 Å². The SMILES string of the molecule is Cc1c(C(C(=O)O)C2CCCC2)c2cc(O)ccc2n1C(=O)c1cccc(F)c1. The number of hydrogen-bond acceptors (Lipinski definition) is 3. The van der Waals surface area contributed by atoms with E-state index in [9.17, 15) is 24.2 Å². The van der Waals surface area contributed by atoms with Crippen LogP contribution in [0.25, 0.3) is 10.9 Å². The van der Waals surface area contributed by atoms with Crippen molar-refractivity contribution in [2.45, 2.75) is 38.5 Å². The summed E-state index contributed by atoms with van der Waals surface area (Å²) in [5, 5.41) is 20.6. The summed E-state index contributed by atoms with van der Waals surface area (Å²) < 4.78 is 15.1. The predicted molar refractivity (Wildman–Crippen MR) is 107 cm³/mol. The van der Waals surface area contributed by atoms with Gasteiger partial charge in [-0.3, -0.25) is 14.2 Å². The average molecular weight is 395 g/mol. The van der Waals surface area contributed by atoms with Gasteiger partial charge in [-0.05, 0) is 67.6 Å². The molecule has 150 valence electrons. The maximum atomic E-state index is 13.7. The number of aromatic hydroxyl groups is 1. The van der Waals surface area contributed by atoms with Crippen molar-refractivity contribution in [2.24, 2.45) is 5.92 Å². The predicted octanol–water partition coefficient (Wildman–Crippen LogP) is 4.84. The van der Waals surface area contributed by atoms with Crippen LogP contribution < -0.4 is 0 Å². The van der Waals surface area contributed by atoms with Gasteiger partial charge in [-0.25, -0.2) is 4.39 Å². The van der Waals surface area contributed by atoms with E-state index in [0.717, 1.165) is 25.7 Å². The number of carboxylic acid groups (broad SMARTS) is 1. The quantitative estimate of drug-likeness (QED) is 0.662. The first-order chi connectivity index (χ1) is 13.9. The van der Waals surface area contributed by atoms with E-state index in [4.69, 9.17) is 0 Å². The molecular weight excluding hydrogens is 373 g/mol. The molecule has 1 atom stereocenters. The zero-order valence-corrected chi connectivity index (χ0v) is 16.1. The number of phenolic OH excluding ortho intramolecular Hbond substituents is 1. The molecule has 1 aliphatic rings. The van der Waals surface area contributed by atoms with E-state index in [0.29, 0.717) is 22.2 Å². The minimum absolute atomic E-state index is 0.00432. The Balaban J connectivity index is 1.96. The molecule has 6 heteroatoms. The van der Waals surface area contributed by atoms with Crippen LogP contribution in [0.2, 0.25) is 0 Å². The molecule has 2 aromatic carbocycles. The summed E-state index contributed by atoms with van der Waals surface area (Å²) in [5.41, 5.74) is 1.75. The molecule has 0 radical (unpaired) electrons. The van der Waals surface area contributed by atoms with Gasteiger partial charge in [0.1, 0.15) is 11.6 Å². The summed E-state index contributed by atoms with van der Waals surface area (Å²) >= 11 is 0. The second kappa shape index (κ2) is 7.35. The van der Waals surface area contributed by atoms with Crippen molar-refractivity contribution < 1.29 is 24.2 Å². The molecule has 4 rings (SSSR count). The lowest BCUT2D eigenvalue weighted by molar-refractivity contribution is -0.140. The van der Waals surface area contributed by atoms with Crippen LogP contribution in [0, 0.1) is 18.7 Å². The highest BCUT2D eigenvalue weighted by molar-refractivity contribution is 6.05. The van der Waals surface area contributed by atoms with Gasteiger partial charge in [0.25, 0.3) is 5.91 Å². The number of halogens is 1. The average Bonchev–Trinajstić information content (AvgIpc) is 3.29. The summed E-state index contributed by atoms with van der Waals surface area (Å²) in [5.74, 6) is -2.65. The summed E-state index contributed by atoms with van der Waals surface area (Å²) in [4.78, 5) is 25.5. The zero-order chi connectivity index (χ0) is 20.7. The molecule has 0 amide bonds. The van der Waals surface area contributed by atoms with Crippen LogP contribution in [0.3, 0.4) is 0 Å². The van der Waals surface area contributed by atoms with Gasteiger partial charge in [0, 0.05) is 16.6 Å². The monoisotopic (exact) mass is 395 g/mol. The number of hydrogen-bond donors (Lipinski definition) is 2. The standard InChI is InChI=1S/C23H22FNO4/c1-13-20(21(23(28)29)14-5-2-3-6-14)18-12-17(26)9-10-19(18)25(13)22(27)15-7-4-8-16(24)11-15/h4,7-12,14,21,26H,2-3,5-6H2,1H3,(H,28,29). The highest BCUT2D eigenvalue weighted by Gasteiger charge is 2.36. The fourth-order valence-electron chi connectivity index (χ4n) is 4.69. The lowest BCUT2D eigenvalue weighted by Gasteiger charge is -2.20. The van der Waals surface area contributed by atoms with E-state index < -0.39 is 23.6 Å². The molecule has 0 aliphatic heterocycles. The van der Waals surface area contributed by atoms with Gasteiger partial charge < -0.3 is 10.2 Å². The third-order valence-corrected chi connectivity index (χ3v) is 5.96. The Morgan fingerprint density at radius 1 is 1.14 bits per heavy atom. The summed E-state index contributed by atoms with van der Waals surface area (Å²) in [6.07, 6.45) is 3.61. The van der Waals surface area contributed by atoms with E-state index in [-0.39, 0.29) is 17.2 Å². The molecule has 2 N–H and O–H groups in total. The van der Waals surface area contributed by atoms with Crippen LogP contribution in [0.15, 0.2) is 42.5 Å². The van der Waals surface area contributed by atoms with Crippen LogP contribution in [0.5, 0.6) is 5.75 Å². The van der Waals surface area contributed by atoms with Crippen molar-refractivity contribution in [1.82, 2.24) is 4.57 Å². The molecule has 0 saturated heterocycles. The number of fused-ring (bicyclic) bond motifs is 1. The van der Waals surface area contributed by atoms with Gasteiger partial charge in [0.2, 0.25) is 0 Å². The van der Waals surface area contributed by atoms with Gasteiger partial charge in [-0.2, -0.15) is 0 Å². The third kappa shape index (κ3) is 3.28. The molecule has 5 nitrogen and oxygen atoms in total. The van der Waals surface area contributed by atoms with E-state index >= 15 is 0 Å². The molecule has 3 aromatic rings. The van der Waals surface area contributed by atoms with Crippen molar-refractivity contribution in [3.63, 3.8) is 0 Å². The zero-order valence-electron chi connectivity index (χ0n) is 16.1. The number of carbonyl (C=O) groups is 2. The van der Waals surface area contributed by atoms with Gasteiger partial charge >= 0.3 is 5.97 Å². The Bertz CT molecular complexity index is 1110. The lowest BCUT2D eigenvalue weighted by atomic mass is 9.83. The maximum absolute atomic E-state index is 13.7. The maximum Gasteiger partial charge on any atom is 0.311 e. The number of rotatable bonds is 4. The third-order valence-electron chi connectivity index (χ3n) is 5.96. The van der Waals surface area contributed by atoms with E-state index in [2.05, 4.69) is 0 Å². The molecule has 0 bridgehead atoms. The molecule has 1 aromatic heterocycles. The van der Waals surface area contributed by atoms with E-state index in [1.165, 1.54) is 41.0 Å². The largest absolute Gasteiger partial charge is 0.508 e.